The number of urea groups is 1. The lowest BCUT2D eigenvalue weighted by molar-refractivity contribution is 0.253. The van der Waals surface area contributed by atoms with Crippen molar-refractivity contribution in [3.05, 3.63) is 54.4 Å². The second kappa shape index (κ2) is 9.92. The van der Waals surface area contributed by atoms with Gasteiger partial charge in [-0.05, 0) is 62.4 Å². The van der Waals surface area contributed by atoms with Crippen molar-refractivity contribution >= 4 is 23.4 Å². The van der Waals surface area contributed by atoms with Crippen molar-refractivity contribution in [1.29, 1.82) is 0 Å². The van der Waals surface area contributed by atoms with Crippen LogP contribution in [0.15, 0.2) is 43.1 Å². The summed E-state index contributed by atoms with van der Waals surface area (Å²) in [6.45, 7) is 4.76. The zero-order chi connectivity index (χ0) is 21.6. The van der Waals surface area contributed by atoms with Crippen molar-refractivity contribution in [2.24, 2.45) is 5.73 Å². The second-order valence-electron chi connectivity index (χ2n) is 8.42. The van der Waals surface area contributed by atoms with Crippen molar-refractivity contribution < 1.29 is 4.79 Å². The molecule has 0 saturated heterocycles. The Labute approximate surface area is 184 Å². The normalized spacial score (nSPS) is 18.9. The minimum atomic E-state index is -0.228. The van der Waals surface area contributed by atoms with E-state index in [1.807, 2.05) is 18.2 Å². The molecule has 31 heavy (non-hydrogen) atoms. The number of carbonyl (C=O) groups is 1. The highest BCUT2D eigenvalue weighted by Gasteiger charge is 2.32. The average Bonchev–Trinajstić information content (AvgIpc) is 2.80. The van der Waals surface area contributed by atoms with Gasteiger partial charge < -0.3 is 11.1 Å². The Bertz CT molecular complexity index is 910. The van der Waals surface area contributed by atoms with Crippen molar-refractivity contribution in [3.8, 4) is 0 Å². The van der Waals surface area contributed by atoms with Gasteiger partial charge in [0.1, 0.15) is 11.6 Å². The summed E-state index contributed by atoms with van der Waals surface area (Å²) in [7, 11) is 0. The lowest BCUT2D eigenvalue weighted by Crippen LogP contribution is -2.47. The van der Waals surface area contributed by atoms with Gasteiger partial charge in [0.05, 0.1) is 11.4 Å². The van der Waals surface area contributed by atoms with E-state index in [4.69, 9.17) is 10.7 Å². The van der Waals surface area contributed by atoms with E-state index in [0.717, 1.165) is 36.2 Å². The number of pyridine rings is 2. The number of amides is 2. The molecule has 4 rings (SSSR count). The number of rotatable bonds is 6. The van der Waals surface area contributed by atoms with Gasteiger partial charge in [-0.15, -0.1) is 0 Å². The van der Waals surface area contributed by atoms with Crippen LogP contribution in [-0.2, 0) is 6.42 Å². The van der Waals surface area contributed by atoms with Gasteiger partial charge >= 0.3 is 6.03 Å². The summed E-state index contributed by atoms with van der Waals surface area (Å²) >= 11 is 0. The number of carbonyl (C=O) groups excluding carboxylic acids is 1. The van der Waals surface area contributed by atoms with Gasteiger partial charge in [0.2, 0.25) is 0 Å². The van der Waals surface area contributed by atoms with Crippen LogP contribution in [0.3, 0.4) is 0 Å². The summed E-state index contributed by atoms with van der Waals surface area (Å²) in [5.74, 6) is 1.22. The highest BCUT2D eigenvalue weighted by Crippen LogP contribution is 2.32. The molecule has 1 saturated carbocycles. The Morgan fingerprint density at radius 1 is 1.16 bits per heavy atom. The second-order valence-corrected chi connectivity index (χ2v) is 8.42. The standard InChI is InChI=1S/C24H32N6O/c1-17(27-19-7-3-2-4-8-19)21-13-11-18-10-12-20(14-15-25)30(23(18)28-21)24(31)29-22-9-5-6-16-26-22/h5-6,9,11,13,16,19-20,27H,1-4,7-8,10,12,14-15,25H2,(H,26,29,31)/t20-/m1/s1. The molecule has 1 aliphatic heterocycles. The third-order valence-electron chi connectivity index (χ3n) is 6.21. The monoisotopic (exact) mass is 420 g/mol. The van der Waals surface area contributed by atoms with E-state index in [1.54, 1.807) is 17.2 Å². The largest absolute Gasteiger partial charge is 0.381 e. The van der Waals surface area contributed by atoms with E-state index >= 15 is 0 Å². The van der Waals surface area contributed by atoms with Gasteiger partial charge in [0, 0.05) is 18.3 Å². The fraction of sp³-hybridized carbons (Fsp3) is 0.458. The highest BCUT2D eigenvalue weighted by atomic mass is 16.2. The molecule has 0 radical (unpaired) electrons. The van der Waals surface area contributed by atoms with E-state index < -0.39 is 0 Å². The van der Waals surface area contributed by atoms with Crippen LogP contribution in [0.5, 0.6) is 0 Å². The summed E-state index contributed by atoms with van der Waals surface area (Å²) in [5.41, 5.74) is 8.54. The first-order valence-electron chi connectivity index (χ1n) is 11.3. The van der Waals surface area contributed by atoms with Gasteiger partial charge in [-0.3, -0.25) is 10.2 Å². The predicted octanol–water partition coefficient (Wildman–Crippen LogP) is 4.07. The quantitative estimate of drug-likeness (QED) is 0.655. The first-order chi connectivity index (χ1) is 15.2. The molecule has 0 unspecified atom stereocenters. The van der Waals surface area contributed by atoms with Crippen molar-refractivity contribution in [2.75, 3.05) is 16.8 Å². The summed E-state index contributed by atoms with van der Waals surface area (Å²) in [6, 6.07) is 9.76. The fourth-order valence-electron chi connectivity index (χ4n) is 4.57. The number of nitrogens with one attached hydrogen (secondary N) is 2. The first kappa shape index (κ1) is 21.3. The molecule has 4 N–H and O–H groups in total. The summed E-state index contributed by atoms with van der Waals surface area (Å²) < 4.78 is 0. The number of nitrogens with two attached hydrogens (primary N) is 1. The molecule has 0 bridgehead atoms. The Balaban J connectivity index is 1.59. The molecular weight excluding hydrogens is 388 g/mol. The van der Waals surface area contributed by atoms with Crippen LogP contribution >= 0.6 is 0 Å². The number of fused-ring (bicyclic) bond motifs is 1. The molecule has 3 heterocycles. The topological polar surface area (TPSA) is 96.2 Å². The van der Waals surface area contributed by atoms with Crippen molar-refractivity contribution in [1.82, 2.24) is 15.3 Å². The Morgan fingerprint density at radius 3 is 2.74 bits per heavy atom. The Hall–Kier alpha value is -2.93. The predicted molar refractivity (Wildman–Crippen MR) is 125 cm³/mol. The molecule has 2 amide bonds. The number of hydrogen-bond acceptors (Lipinski definition) is 5. The van der Waals surface area contributed by atoms with Crippen LogP contribution in [0.1, 0.15) is 56.2 Å². The van der Waals surface area contributed by atoms with Crippen LogP contribution < -0.4 is 21.3 Å². The maximum atomic E-state index is 13.3. The Kier molecular flexibility index (Phi) is 6.82. The molecule has 0 aromatic carbocycles. The smallest absolute Gasteiger partial charge is 0.328 e. The lowest BCUT2D eigenvalue weighted by atomic mass is 9.95. The average molecular weight is 421 g/mol. The van der Waals surface area contributed by atoms with E-state index in [0.29, 0.717) is 24.2 Å². The molecule has 7 heteroatoms. The molecule has 1 fully saturated rings. The molecule has 2 aromatic heterocycles. The van der Waals surface area contributed by atoms with E-state index in [9.17, 15) is 4.79 Å². The van der Waals surface area contributed by atoms with Crippen LogP contribution in [-0.4, -0.2) is 34.6 Å². The molecule has 0 spiro atoms. The van der Waals surface area contributed by atoms with Crippen molar-refractivity contribution in [3.63, 3.8) is 0 Å². The minimum Gasteiger partial charge on any atom is -0.381 e. The molecule has 1 atom stereocenters. The molecule has 2 aliphatic rings. The summed E-state index contributed by atoms with van der Waals surface area (Å²) in [5, 5.41) is 6.47. The van der Waals surface area contributed by atoms with Crippen LogP contribution in [0, 0.1) is 0 Å². The maximum absolute atomic E-state index is 13.3. The molecule has 1 aliphatic carbocycles. The van der Waals surface area contributed by atoms with E-state index in [-0.39, 0.29) is 12.1 Å². The molecule has 2 aromatic rings. The first-order valence-corrected chi connectivity index (χ1v) is 11.3. The summed E-state index contributed by atoms with van der Waals surface area (Å²) in [6.07, 6.45) is 10.3. The third kappa shape index (κ3) is 5.05. The fourth-order valence-corrected chi connectivity index (χ4v) is 4.57. The van der Waals surface area contributed by atoms with Crippen molar-refractivity contribution in [2.45, 2.75) is 63.5 Å². The van der Waals surface area contributed by atoms with Gasteiger partial charge in [-0.25, -0.2) is 14.8 Å². The van der Waals surface area contributed by atoms with Gasteiger partial charge in [0.15, 0.2) is 0 Å². The molecular formula is C24H32N6O. The van der Waals surface area contributed by atoms with Crippen LogP contribution in [0.4, 0.5) is 16.4 Å². The van der Waals surface area contributed by atoms with E-state index in [1.165, 1.54) is 32.1 Å². The van der Waals surface area contributed by atoms with E-state index in [2.05, 4.69) is 28.3 Å². The number of nitrogens with zero attached hydrogens (tertiary/aromatic N) is 3. The Morgan fingerprint density at radius 2 is 2.00 bits per heavy atom. The highest BCUT2D eigenvalue weighted by molar-refractivity contribution is 6.01. The summed E-state index contributed by atoms with van der Waals surface area (Å²) in [4.78, 5) is 24.2. The number of hydrogen-bond donors (Lipinski definition) is 3. The van der Waals surface area contributed by atoms with Gasteiger partial charge in [0.25, 0.3) is 0 Å². The SMILES string of the molecule is C=C(NC1CCCCC1)c1ccc2c(n1)N(C(=O)Nc1ccccn1)[C@@H](CCN)CC2. The minimum absolute atomic E-state index is 0.00327. The third-order valence-corrected chi connectivity index (χ3v) is 6.21. The zero-order valence-electron chi connectivity index (χ0n) is 18.0. The molecule has 7 nitrogen and oxygen atoms in total. The van der Waals surface area contributed by atoms with Crippen LogP contribution in [0.2, 0.25) is 0 Å². The maximum Gasteiger partial charge on any atom is 0.328 e. The van der Waals surface area contributed by atoms with Crippen LogP contribution in [0.25, 0.3) is 5.70 Å². The number of aryl methyl sites for hydroxylation is 1. The number of aromatic nitrogens is 2. The lowest BCUT2D eigenvalue weighted by Gasteiger charge is -2.36. The molecule has 164 valence electrons. The van der Waals surface area contributed by atoms with Gasteiger partial charge in [-0.1, -0.05) is 38.0 Å². The number of anilines is 2. The zero-order valence-corrected chi connectivity index (χ0v) is 18.0. The van der Waals surface area contributed by atoms with Gasteiger partial charge in [-0.2, -0.15) is 0 Å².